The summed E-state index contributed by atoms with van der Waals surface area (Å²) in [5.41, 5.74) is 7.28. The number of nitrogens with one attached hydrogen (secondary N) is 1. The zero-order chi connectivity index (χ0) is 12.0. The minimum Gasteiger partial charge on any atom is -0.384 e. The van der Waals surface area contributed by atoms with E-state index in [-0.39, 0.29) is 0 Å². The zero-order valence-corrected chi connectivity index (χ0v) is 9.90. The third-order valence-corrected chi connectivity index (χ3v) is 2.85. The van der Waals surface area contributed by atoms with Crippen LogP contribution in [0.3, 0.4) is 0 Å². The van der Waals surface area contributed by atoms with Gasteiger partial charge in [0.2, 0.25) is 0 Å². The van der Waals surface area contributed by atoms with Crippen LogP contribution in [-0.2, 0) is 0 Å². The second kappa shape index (κ2) is 6.14. The average Bonchev–Trinajstić information content (AvgIpc) is 2.30. The molecule has 0 aromatic heterocycles. The van der Waals surface area contributed by atoms with Crippen molar-refractivity contribution in [3.05, 3.63) is 29.8 Å². The topological polar surface area (TPSA) is 61.8 Å². The van der Waals surface area contributed by atoms with Crippen molar-refractivity contribution in [1.82, 2.24) is 0 Å². The second-order valence-electron chi connectivity index (χ2n) is 4.28. The summed E-state index contributed by atoms with van der Waals surface area (Å²) in [5.74, 6) is 0.985. The Hall–Kier alpha value is -1.53. The molecule has 16 heavy (non-hydrogen) atoms. The van der Waals surface area contributed by atoms with Crippen molar-refractivity contribution in [2.24, 2.45) is 17.6 Å². The normalized spacial score (nSPS) is 12.2. The molecule has 1 atom stereocenters. The SMILES string of the molecule is CC(C)C(CN)CNc1ccccc1C#N. The minimum atomic E-state index is 0.437. The van der Waals surface area contributed by atoms with Gasteiger partial charge in [-0.25, -0.2) is 0 Å². The molecule has 0 amide bonds. The van der Waals surface area contributed by atoms with Crippen LogP contribution in [-0.4, -0.2) is 13.1 Å². The zero-order valence-electron chi connectivity index (χ0n) is 9.90. The van der Waals surface area contributed by atoms with Crippen LogP contribution in [0.5, 0.6) is 0 Å². The first-order chi connectivity index (χ1) is 7.69. The fourth-order valence-electron chi connectivity index (χ4n) is 1.57. The number of rotatable bonds is 5. The van der Waals surface area contributed by atoms with Gasteiger partial charge >= 0.3 is 0 Å². The summed E-state index contributed by atoms with van der Waals surface area (Å²) in [6, 6.07) is 9.70. The summed E-state index contributed by atoms with van der Waals surface area (Å²) < 4.78 is 0. The number of nitrogens with two attached hydrogens (primary N) is 1. The van der Waals surface area contributed by atoms with E-state index in [4.69, 9.17) is 11.0 Å². The maximum absolute atomic E-state index is 8.94. The number of nitriles is 1. The van der Waals surface area contributed by atoms with Crippen molar-refractivity contribution in [3.63, 3.8) is 0 Å². The van der Waals surface area contributed by atoms with Gasteiger partial charge in [0.25, 0.3) is 0 Å². The first-order valence-corrected chi connectivity index (χ1v) is 5.62. The molecule has 0 heterocycles. The van der Waals surface area contributed by atoms with E-state index < -0.39 is 0 Å². The predicted octanol–water partition coefficient (Wildman–Crippen LogP) is 2.20. The predicted molar refractivity (Wildman–Crippen MR) is 67.0 cm³/mol. The standard InChI is InChI=1S/C13H19N3/c1-10(2)12(8-15)9-16-13-6-4-3-5-11(13)7-14/h3-6,10,12,16H,8-9,15H2,1-2H3. The lowest BCUT2D eigenvalue weighted by atomic mass is 9.96. The van der Waals surface area contributed by atoms with Crippen molar-refractivity contribution in [2.75, 3.05) is 18.4 Å². The van der Waals surface area contributed by atoms with E-state index >= 15 is 0 Å². The number of anilines is 1. The van der Waals surface area contributed by atoms with Crippen molar-refractivity contribution in [3.8, 4) is 6.07 Å². The van der Waals surface area contributed by atoms with Gasteiger partial charge in [0.1, 0.15) is 6.07 Å². The molecule has 1 rings (SSSR count). The van der Waals surface area contributed by atoms with Crippen LogP contribution in [0.2, 0.25) is 0 Å². The Kier molecular flexibility index (Phi) is 4.81. The molecular formula is C13H19N3. The van der Waals surface area contributed by atoms with E-state index in [0.717, 1.165) is 12.2 Å². The molecule has 3 N–H and O–H groups in total. The van der Waals surface area contributed by atoms with Gasteiger partial charge in [0, 0.05) is 6.54 Å². The van der Waals surface area contributed by atoms with Crippen LogP contribution in [0.1, 0.15) is 19.4 Å². The molecule has 0 fully saturated rings. The van der Waals surface area contributed by atoms with Crippen LogP contribution in [0.4, 0.5) is 5.69 Å². The number of hydrogen-bond donors (Lipinski definition) is 2. The van der Waals surface area contributed by atoms with Crippen LogP contribution in [0.25, 0.3) is 0 Å². The Bertz CT molecular complexity index is 366. The molecular weight excluding hydrogens is 198 g/mol. The van der Waals surface area contributed by atoms with Crippen molar-refractivity contribution in [1.29, 1.82) is 5.26 Å². The lowest BCUT2D eigenvalue weighted by Crippen LogP contribution is -2.27. The van der Waals surface area contributed by atoms with Gasteiger partial charge in [-0.1, -0.05) is 26.0 Å². The Morgan fingerprint density at radius 3 is 2.62 bits per heavy atom. The smallest absolute Gasteiger partial charge is 0.101 e. The quantitative estimate of drug-likeness (QED) is 0.794. The number of para-hydroxylation sites is 1. The van der Waals surface area contributed by atoms with Crippen LogP contribution < -0.4 is 11.1 Å². The number of hydrogen-bond acceptors (Lipinski definition) is 3. The van der Waals surface area contributed by atoms with Crippen molar-refractivity contribution in [2.45, 2.75) is 13.8 Å². The van der Waals surface area contributed by atoms with Crippen LogP contribution in [0.15, 0.2) is 24.3 Å². The fourth-order valence-corrected chi connectivity index (χ4v) is 1.57. The van der Waals surface area contributed by atoms with Gasteiger partial charge in [0.05, 0.1) is 11.3 Å². The molecule has 0 saturated heterocycles. The molecule has 0 saturated carbocycles. The van der Waals surface area contributed by atoms with E-state index in [2.05, 4.69) is 25.2 Å². The molecule has 3 heteroatoms. The molecule has 1 aromatic carbocycles. The highest BCUT2D eigenvalue weighted by atomic mass is 14.9. The summed E-state index contributed by atoms with van der Waals surface area (Å²) in [4.78, 5) is 0. The maximum atomic E-state index is 8.94. The molecule has 1 unspecified atom stereocenters. The Balaban J connectivity index is 2.64. The highest BCUT2D eigenvalue weighted by molar-refractivity contribution is 5.57. The first-order valence-electron chi connectivity index (χ1n) is 5.62. The second-order valence-corrected chi connectivity index (χ2v) is 4.28. The molecule has 0 radical (unpaired) electrons. The van der Waals surface area contributed by atoms with Crippen molar-refractivity contribution >= 4 is 5.69 Å². The summed E-state index contributed by atoms with van der Waals surface area (Å²) in [5, 5.41) is 12.2. The lowest BCUT2D eigenvalue weighted by Gasteiger charge is -2.20. The van der Waals surface area contributed by atoms with Crippen molar-refractivity contribution < 1.29 is 0 Å². The number of benzene rings is 1. The molecule has 0 aliphatic rings. The minimum absolute atomic E-state index is 0.437. The lowest BCUT2D eigenvalue weighted by molar-refractivity contribution is 0.413. The van der Waals surface area contributed by atoms with Crippen LogP contribution in [0, 0.1) is 23.2 Å². The Labute approximate surface area is 97.3 Å². The third kappa shape index (κ3) is 3.25. The van der Waals surface area contributed by atoms with Gasteiger partial charge in [-0.2, -0.15) is 5.26 Å². The van der Waals surface area contributed by atoms with E-state index in [1.54, 1.807) is 0 Å². The molecule has 3 nitrogen and oxygen atoms in total. The summed E-state index contributed by atoms with van der Waals surface area (Å²) in [6.07, 6.45) is 0. The highest BCUT2D eigenvalue weighted by Gasteiger charge is 2.11. The summed E-state index contributed by atoms with van der Waals surface area (Å²) in [6.45, 7) is 5.80. The summed E-state index contributed by atoms with van der Waals surface area (Å²) in [7, 11) is 0. The fraction of sp³-hybridized carbons (Fsp3) is 0.462. The number of nitrogens with zero attached hydrogens (tertiary/aromatic N) is 1. The van der Waals surface area contributed by atoms with Gasteiger partial charge in [0.15, 0.2) is 0 Å². The maximum Gasteiger partial charge on any atom is 0.101 e. The monoisotopic (exact) mass is 217 g/mol. The van der Waals surface area contributed by atoms with E-state index in [0.29, 0.717) is 23.9 Å². The largest absolute Gasteiger partial charge is 0.384 e. The van der Waals surface area contributed by atoms with Crippen LogP contribution >= 0.6 is 0 Å². The Morgan fingerprint density at radius 2 is 2.06 bits per heavy atom. The highest BCUT2D eigenvalue weighted by Crippen LogP contribution is 2.16. The van der Waals surface area contributed by atoms with E-state index in [1.807, 2.05) is 24.3 Å². The third-order valence-electron chi connectivity index (χ3n) is 2.85. The molecule has 0 aliphatic carbocycles. The molecule has 0 spiro atoms. The summed E-state index contributed by atoms with van der Waals surface area (Å²) >= 11 is 0. The van der Waals surface area contributed by atoms with Gasteiger partial charge in [-0.05, 0) is 30.5 Å². The first kappa shape index (κ1) is 12.5. The van der Waals surface area contributed by atoms with Gasteiger partial charge in [-0.3, -0.25) is 0 Å². The average molecular weight is 217 g/mol. The molecule has 86 valence electrons. The molecule has 1 aromatic rings. The van der Waals surface area contributed by atoms with Gasteiger partial charge < -0.3 is 11.1 Å². The Morgan fingerprint density at radius 1 is 1.38 bits per heavy atom. The molecule has 0 bridgehead atoms. The van der Waals surface area contributed by atoms with Gasteiger partial charge in [-0.15, -0.1) is 0 Å². The molecule has 0 aliphatic heterocycles. The van der Waals surface area contributed by atoms with E-state index in [9.17, 15) is 0 Å². The van der Waals surface area contributed by atoms with E-state index in [1.165, 1.54) is 0 Å².